The van der Waals surface area contributed by atoms with Gasteiger partial charge in [-0.15, -0.1) is 12.4 Å². The fourth-order valence-electron chi connectivity index (χ4n) is 4.31. The maximum absolute atomic E-state index is 6.17. The highest BCUT2D eigenvalue weighted by Gasteiger charge is 2.30. The van der Waals surface area contributed by atoms with Crippen molar-refractivity contribution in [1.29, 1.82) is 0 Å². The Hall–Kier alpha value is -2.77. The third-order valence-electron chi connectivity index (χ3n) is 5.84. The van der Waals surface area contributed by atoms with Gasteiger partial charge in [-0.25, -0.2) is 9.98 Å². The van der Waals surface area contributed by atoms with E-state index in [1.807, 2.05) is 12.3 Å². The Morgan fingerprint density at radius 2 is 2.00 bits per heavy atom. The summed E-state index contributed by atoms with van der Waals surface area (Å²) in [5.41, 5.74) is 12.0. The van der Waals surface area contributed by atoms with E-state index in [1.165, 1.54) is 11.1 Å². The molecule has 1 fully saturated rings. The van der Waals surface area contributed by atoms with Crippen LogP contribution in [0.15, 0.2) is 47.1 Å². The van der Waals surface area contributed by atoms with Crippen molar-refractivity contribution in [2.24, 2.45) is 10.7 Å². The molecule has 1 unspecified atom stereocenters. The van der Waals surface area contributed by atoms with Crippen LogP contribution in [0.1, 0.15) is 29.2 Å². The van der Waals surface area contributed by atoms with Gasteiger partial charge in [-0.05, 0) is 47.7 Å². The van der Waals surface area contributed by atoms with Crippen LogP contribution in [-0.2, 0) is 11.2 Å². The smallest absolute Gasteiger partial charge is 0.194 e. The van der Waals surface area contributed by atoms with Gasteiger partial charge in [-0.3, -0.25) is 0 Å². The Labute approximate surface area is 182 Å². The van der Waals surface area contributed by atoms with Crippen LogP contribution in [0.3, 0.4) is 0 Å². The Morgan fingerprint density at radius 3 is 2.73 bits per heavy atom. The molecule has 0 saturated carbocycles. The van der Waals surface area contributed by atoms with Gasteiger partial charge in [0, 0.05) is 24.8 Å². The largest absolute Gasteiger partial charge is 0.497 e. The van der Waals surface area contributed by atoms with E-state index in [9.17, 15) is 0 Å². The standard InChI is InChI=1S/C22H25N5O2.ClH/c1-28-16-5-2-14-3-6-17-20(25-22(23)26-21(17)18(14)12-16)15-4-7-19(24-13-15)27-8-10-29-11-9-27;/h2,4-5,7,12-13,20H,3,6,8-11H2,1H3,(H3,23,25,26);1H. The lowest BCUT2D eigenvalue weighted by atomic mass is 9.83. The fraction of sp³-hybridized carbons (Fsp3) is 0.364. The maximum Gasteiger partial charge on any atom is 0.194 e. The zero-order valence-electron chi connectivity index (χ0n) is 16.9. The van der Waals surface area contributed by atoms with E-state index >= 15 is 0 Å². The highest BCUT2D eigenvalue weighted by atomic mass is 35.5. The van der Waals surface area contributed by atoms with Crippen LogP contribution in [0.4, 0.5) is 5.82 Å². The van der Waals surface area contributed by atoms with Gasteiger partial charge in [0.15, 0.2) is 5.96 Å². The monoisotopic (exact) mass is 427 g/mol. The third-order valence-corrected chi connectivity index (χ3v) is 5.84. The first-order valence-corrected chi connectivity index (χ1v) is 10.0. The van der Waals surface area contributed by atoms with Gasteiger partial charge in [0.1, 0.15) is 17.6 Å². The Morgan fingerprint density at radius 1 is 1.17 bits per heavy atom. The number of anilines is 1. The molecular weight excluding hydrogens is 402 g/mol. The van der Waals surface area contributed by atoms with Crippen LogP contribution in [0.25, 0.3) is 5.70 Å². The van der Waals surface area contributed by atoms with Crippen LogP contribution < -0.4 is 20.7 Å². The number of nitrogens with zero attached hydrogens (tertiary/aromatic N) is 3. The first-order chi connectivity index (χ1) is 14.2. The number of hydrogen-bond donors (Lipinski definition) is 2. The van der Waals surface area contributed by atoms with Gasteiger partial charge >= 0.3 is 0 Å². The molecule has 8 heteroatoms. The van der Waals surface area contributed by atoms with Gasteiger partial charge in [0.2, 0.25) is 0 Å². The summed E-state index contributed by atoms with van der Waals surface area (Å²) in [7, 11) is 1.69. The van der Waals surface area contributed by atoms with Crippen molar-refractivity contribution in [3.63, 3.8) is 0 Å². The van der Waals surface area contributed by atoms with Crippen molar-refractivity contribution >= 4 is 29.9 Å². The summed E-state index contributed by atoms with van der Waals surface area (Å²) in [6, 6.07) is 10.3. The average molecular weight is 428 g/mol. The van der Waals surface area contributed by atoms with Crippen molar-refractivity contribution in [2.75, 3.05) is 38.3 Å². The summed E-state index contributed by atoms with van der Waals surface area (Å²) < 4.78 is 10.9. The number of rotatable bonds is 3. The number of hydrogen-bond acceptors (Lipinski definition) is 7. The molecule has 0 amide bonds. The molecule has 2 aromatic rings. The van der Waals surface area contributed by atoms with E-state index in [-0.39, 0.29) is 18.4 Å². The zero-order valence-corrected chi connectivity index (χ0v) is 17.7. The minimum atomic E-state index is -0.114. The molecule has 3 N–H and O–H groups in total. The molecule has 30 heavy (non-hydrogen) atoms. The molecule has 5 rings (SSSR count). The van der Waals surface area contributed by atoms with Crippen LogP contribution >= 0.6 is 12.4 Å². The van der Waals surface area contributed by atoms with Crippen molar-refractivity contribution in [1.82, 2.24) is 10.3 Å². The molecule has 0 spiro atoms. The van der Waals surface area contributed by atoms with Gasteiger partial charge in [0.25, 0.3) is 0 Å². The fourth-order valence-corrected chi connectivity index (χ4v) is 4.31. The second-order valence-corrected chi connectivity index (χ2v) is 7.51. The second kappa shape index (κ2) is 8.53. The summed E-state index contributed by atoms with van der Waals surface area (Å²) in [6.07, 6.45) is 3.85. The predicted octanol–water partition coefficient (Wildman–Crippen LogP) is 2.67. The summed E-state index contributed by atoms with van der Waals surface area (Å²) in [5.74, 6) is 2.26. The number of ether oxygens (including phenoxy) is 2. The van der Waals surface area contributed by atoms with Gasteiger partial charge in [-0.1, -0.05) is 12.1 Å². The minimum Gasteiger partial charge on any atom is -0.497 e. The number of aromatic nitrogens is 1. The van der Waals surface area contributed by atoms with E-state index in [1.54, 1.807) is 7.11 Å². The molecule has 1 aromatic carbocycles. The number of fused-ring (bicyclic) bond motifs is 2. The van der Waals surface area contributed by atoms with Crippen molar-refractivity contribution in [2.45, 2.75) is 18.9 Å². The number of aliphatic imine (C=N–C) groups is 1. The summed E-state index contributed by atoms with van der Waals surface area (Å²) >= 11 is 0. The van der Waals surface area contributed by atoms with E-state index in [2.05, 4.69) is 34.5 Å². The highest BCUT2D eigenvalue weighted by Crippen LogP contribution is 2.41. The molecule has 0 radical (unpaired) electrons. The molecular formula is C22H26ClN5O2. The van der Waals surface area contributed by atoms with Crippen molar-refractivity contribution in [3.8, 4) is 5.75 Å². The first kappa shape index (κ1) is 20.5. The van der Waals surface area contributed by atoms with E-state index in [0.29, 0.717) is 5.96 Å². The molecule has 158 valence electrons. The molecule has 0 bridgehead atoms. The van der Waals surface area contributed by atoms with Gasteiger partial charge in [-0.2, -0.15) is 0 Å². The number of nitrogens with one attached hydrogen (secondary N) is 1. The van der Waals surface area contributed by atoms with Crippen LogP contribution in [-0.4, -0.2) is 44.4 Å². The topological polar surface area (TPSA) is 85.0 Å². The Bertz CT molecular complexity index is 984. The predicted molar refractivity (Wildman–Crippen MR) is 120 cm³/mol. The summed E-state index contributed by atoms with van der Waals surface area (Å²) in [6.45, 7) is 3.24. The molecule has 1 aliphatic carbocycles. The quantitative estimate of drug-likeness (QED) is 0.783. The lowest BCUT2D eigenvalue weighted by Gasteiger charge is -2.32. The molecule has 2 aliphatic heterocycles. The molecule has 1 saturated heterocycles. The van der Waals surface area contributed by atoms with Gasteiger partial charge in [0.05, 0.1) is 26.0 Å². The second-order valence-electron chi connectivity index (χ2n) is 7.51. The number of pyridine rings is 1. The van der Waals surface area contributed by atoms with Gasteiger partial charge < -0.3 is 25.4 Å². The Balaban J connectivity index is 0.00000218. The number of morpholine rings is 1. The number of guanidine groups is 1. The van der Waals surface area contributed by atoms with E-state index in [0.717, 1.165) is 67.5 Å². The van der Waals surface area contributed by atoms with Crippen molar-refractivity contribution in [3.05, 3.63) is 58.8 Å². The van der Waals surface area contributed by atoms with Crippen LogP contribution in [0.5, 0.6) is 5.75 Å². The molecule has 7 nitrogen and oxygen atoms in total. The minimum absolute atomic E-state index is 0. The van der Waals surface area contributed by atoms with Crippen LogP contribution in [0.2, 0.25) is 0 Å². The number of benzene rings is 1. The maximum atomic E-state index is 6.17. The lowest BCUT2D eigenvalue weighted by Crippen LogP contribution is -2.37. The SMILES string of the molecule is COc1ccc2c(c1)C1=C(CC2)C(c2ccc(N3CCOCC3)nc2)N=C(N)N1.Cl. The normalized spacial score (nSPS) is 20.4. The summed E-state index contributed by atoms with van der Waals surface area (Å²) in [5, 5.41) is 3.30. The average Bonchev–Trinajstić information content (AvgIpc) is 2.79. The van der Waals surface area contributed by atoms with Crippen molar-refractivity contribution < 1.29 is 9.47 Å². The van der Waals surface area contributed by atoms with E-state index in [4.69, 9.17) is 25.2 Å². The number of nitrogens with two attached hydrogens (primary N) is 1. The lowest BCUT2D eigenvalue weighted by molar-refractivity contribution is 0.122. The molecule has 1 aromatic heterocycles. The zero-order chi connectivity index (χ0) is 19.8. The first-order valence-electron chi connectivity index (χ1n) is 10.0. The molecule has 3 heterocycles. The number of methoxy groups -OCH3 is 1. The highest BCUT2D eigenvalue weighted by molar-refractivity contribution is 5.93. The van der Waals surface area contributed by atoms with Crippen LogP contribution in [0, 0.1) is 0 Å². The Kier molecular flexibility index (Phi) is 5.83. The third kappa shape index (κ3) is 3.70. The number of aryl methyl sites for hydroxylation is 1. The molecule has 1 atom stereocenters. The summed E-state index contributed by atoms with van der Waals surface area (Å²) in [4.78, 5) is 11.7. The number of halogens is 1. The van der Waals surface area contributed by atoms with E-state index < -0.39 is 0 Å². The molecule has 3 aliphatic rings.